The summed E-state index contributed by atoms with van der Waals surface area (Å²) in [4.78, 5) is 11.9. The van der Waals surface area contributed by atoms with Crippen molar-refractivity contribution in [3.63, 3.8) is 0 Å². The molecule has 8 heteroatoms. The minimum Gasteiger partial charge on any atom is -0.393 e. The molecule has 1 saturated carbocycles. The molecule has 29 heavy (non-hydrogen) atoms. The fourth-order valence-electron chi connectivity index (χ4n) is 3.63. The molecule has 5 nitrogen and oxygen atoms in total. The number of carbonyl (C=O) groups is 1. The number of thiophene rings is 1. The van der Waals surface area contributed by atoms with Gasteiger partial charge in [0.1, 0.15) is 0 Å². The second kappa shape index (κ2) is 12.4. The first-order valence-corrected chi connectivity index (χ1v) is 12.3. The Labute approximate surface area is 193 Å². The molecule has 162 valence electrons. The van der Waals surface area contributed by atoms with Crippen LogP contribution in [0, 0.1) is 11.8 Å². The molecule has 5 N–H and O–H groups in total. The van der Waals surface area contributed by atoms with Gasteiger partial charge in [0.2, 0.25) is 5.91 Å². The number of aliphatic hydroxyl groups excluding tert-OH is 3. The molecule has 2 rings (SSSR count). The van der Waals surface area contributed by atoms with Gasteiger partial charge in [-0.05, 0) is 69.9 Å². The largest absolute Gasteiger partial charge is 0.393 e. The van der Waals surface area contributed by atoms with Crippen molar-refractivity contribution in [3.8, 4) is 0 Å². The molecule has 0 aromatic carbocycles. The van der Waals surface area contributed by atoms with Crippen molar-refractivity contribution < 1.29 is 20.1 Å². The number of nitrogens with two attached hydrogens (primary N) is 1. The Morgan fingerprint density at radius 1 is 1.31 bits per heavy atom. The monoisotopic (exact) mass is 549 g/mol. The van der Waals surface area contributed by atoms with Crippen LogP contribution in [0.2, 0.25) is 0 Å². The minimum atomic E-state index is -0.607. The van der Waals surface area contributed by atoms with Gasteiger partial charge < -0.3 is 21.1 Å². The average Bonchev–Trinajstić information content (AvgIpc) is 3.12. The van der Waals surface area contributed by atoms with Gasteiger partial charge in [-0.3, -0.25) is 4.79 Å². The van der Waals surface area contributed by atoms with Crippen LogP contribution in [0.4, 0.5) is 0 Å². The number of hydrogen-bond donors (Lipinski definition) is 4. The molecule has 0 aliphatic heterocycles. The summed E-state index contributed by atoms with van der Waals surface area (Å²) < 4.78 is 2.06. The van der Waals surface area contributed by atoms with Crippen LogP contribution in [0.1, 0.15) is 43.4 Å². The lowest BCUT2D eigenvalue weighted by Gasteiger charge is -2.19. The molecule has 1 aromatic rings. The summed E-state index contributed by atoms with van der Waals surface area (Å²) in [5, 5.41) is 32.9. The lowest BCUT2D eigenvalue weighted by atomic mass is 9.89. The van der Waals surface area contributed by atoms with Crippen LogP contribution in [0.5, 0.6) is 0 Å². The maximum absolute atomic E-state index is 10.7. The van der Waals surface area contributed by atoms with E-state index in [1.807, 2.05) is 23.6 Å². The predicted octanol–water partition coefficient (Wildman–Crippen LogP) is 4.08. The highest BCUT2D eigenvalue weighted by molar-refractivity contribution is 9.13. The number of allylic oxidation sites excluding steroid dienone is 2. The molecule has 1 heterocycles. The molecule has 0 spiro atoms. The van der Waals surface area contributed by atoms with E-state index in [0.29, 0.717) is 32.1 Å². The summed E-state index contributed by atoms with van der Waals surface area (Å²) in [6.07, 6.45) is 10.0. The van der Waals surface area contributed by atoms with Crippen molar-refractivity contribution >= 4 is 49.1 Å². The van der Waals surface area contributed by atoms with E-state index in [0.717, 1.165) is 21.8 Å². The molecule has 1 amide bonds. The molecule has 0 saturated heterocycles. The molecule has 0 bridgehead atoms. The molecule has 5 atom stereocenters. The molecule has 0 radical (unpaired) electrons. The summed E-state index contributed by atoms with van der Waals surface area (Å²) in [6, 6.07) is 0. The molecular formula is C21H29Br2NO4S. The van der Waals surface area contributed by atoms with E-state index in [1.54, 1.807) is 17.4 Å². The average molecular weight is 551 g/mol. The Morgan fingerprint density at radius 2 is 2.07 bits per heavy atom. The minimum absolute atomic E-state index is 0.0803. The van der Waals surface area contributed by atoms with Crippen LogP contribution in [0.3, 0.4) is 0 Å². The van der Waals surface area contributed by atoms with Gasteiger partial charge in [-0.1, -0.05) is 24.3 Å². The van der Waals surface area contributed by atoms with Crippen LogP contribution in [-0.2, 0) is 11.2 Å². The highest BCUT2D eigenvalue weighted by atomic mass is 79.9. The number of aryl methyl sites for hydroxylation is 1. The van der Waals surface area contributed by atoms with Crippen molar-refractivity contribution in [2.75, 3.05) is 0 Å². The Morgan fingerprint density at radius 3 is 2.72 bits per heavy atom. The maximum atomic E-state index is 10.7. The van der Waals surface area contributed by atoms with Gasteiger partial charge in [0, 0.05) is 38.0 Å². The van der Waals surface area contributed by atoms with Crippen molar-refractivity contribution in [1.82, 2.24) is 0 Å². The smallest absolute Gasteiger partial charge is 0.217 e. The number of halogens is 2. The SMILES string of the molecule is NC(=O)CCC/C=C\C[C@H]1C(O)CC(O)[C@@H]1/C=C/C(O)CCc1scc(Br)c1Br. The zero-order valence-corrected chi connectivity index (χ0v) is 20.2. The number of hydrogen-bond acceptors (Lipinski definition) is 5. The highest BCUT2D eigenvalue weighted by Gasteiger charge is 2.39. The van der Waals surface area contributed by atoms with E-state index < -0.39 is 18.3 Å². The molecule has 3 unspecified atom stereocenters. The van der Waals surface area contributed by atoms with Crippen LogP contribution in [0.25, 0.3) is 0 Å². The van der Waals surface area contributed by atoms with Crippen LogP contribution in [0.15, 0.2) is 38.6 Å². The van der Waals surface area contributed by atoms with E-state index in [2.05, 4.69) is 31.9 Å². The van der Waals surface area contributed by atoms with Gasteiger partial charge in [0.15, 0.2) is 0 Å². The second-order valence-electron chi connectivity index (χ2n) is 7.49. The first-order valence-electron chi connectivity index (χ1n) is 9.86. The standard InChI is InChI=1S/C21H29Br2NO4S/c22-16-12-29-19(21(16)23)10-8-13(25)7-9-15-14(17(26)11-18(15)27)5-3-1-2-4-6-20(24)28/h1,3,7,9,12-15,17-18,25-27H,2,4-6,8,10-11H2,(H2,24,28)/b3-1-,9-7+/t13?,14-,15-,17?,18?/m1/s1. The summed E-state index contributed by atoms with van der Waals surface area (Å²) in [5.41, 5.74) is 5.12. The maximum Gasteiger partial charge on any atom is 0.217 e. The molecule has 1 aliphatic rings. The van der Waals surface area contributed by atoms with Gasteiger partial charge in [-0.25, -0.2) is 0 Å². The summed E-state index contributed by atoms with van der Waals surface area (Å²) in [7, 11) is 0. The van der Waals surface area contributed by atoms with Crippen LogP contribution < -0.4 is 5.73 Å². The Kier molecular flexibility index (Phi) is 10.6. The topological polar surface area (TPSA) is 104 Å². The first-order chi connectivity index (χ1) is 13.8. The molecule has 1 fully saturated rings. The quantitative estimate of drug-likeness (QED) is 0.246. The molecular weight excluding hydrogens is 522 g/mol. The van der Waals surface area contributed by atoms with Crippen molar-refractivity contribution in [1.29, 1.82) is 0 Å². The number of amides is 1. The van der Waals surface area contributed by atoms with Gasteiger partial charge in [0.25, 0.3) is 0 Å². The van der Waals surface area contributed by atoms with Gasteiger partial charge in [-0.2, -0.15) is 0 Å². The Hall–Kier alpha value is -0.510. The van der Waals surface area contributed by atoms with E-state index in [1.165, 1.54) is 4.88 Å². The van der Waals surface area contributed by atoms with E-state index in [9.17, 15) is 20.1 Å². The van der Waals surface area contributed by atoms with Crippen molar-refractivity contribution in [2.24, 2.45) is 17.6 Å². The van der Waals surface area contributed by atoms with Crippen LogP contribution in [-0.4, -0.2) is 39.5 Å². The van der Waals surface area contributed by atoms with Gasteiger partial charge >= 0.3 is 0 Å². The number of rotatable bonds is 11. The zero-order valence-electron chi connectivity index (χ0n) is 16.2. The highest BCUT2D eigenvalue weighted by Crippen LogP contribution is 2.37. The summed E-state index contributed by atoms with van der Waals surface area (Å²) >= 11 is 8.65. The third-order valence-electron chi connectivity index (χ3n) is 5.27. The summed E-state index contributed by atoms with van der Waals surface area (Å²) in [5.74, 6) is -0.559. The fourth-order valence-corrected chi connectivity index (χ4v) is 5.84. The number of primary amides is 1. The lowest BCUT2D eigenvalue weighted by Crippen LogP contribution is -2.20. The Balaban J connectivity index is 1.84. The second-order valence-corrected chi connectivity index (χ2v) is 10.1. The number of aliphatic hydroxyl groups is 3. The zero-order chi connectivity index (χ0) is 21.4. The number of carbonyl (C=O) groups excluding carboxylic acids is 1. The third kappa shape index (κ3) is 7.92. The van der Waals surface area contributed by atoms with E-state index in [-0.39, 0.29) is 17.7 Å². The van der Waals surface area contributed by atoms with E-state index in [4.69, 9.17) is 5.73 Å². The van der Waals surface area contributed by atoms with Crippen molar-refractivity contribution in [2.45, 2.75) is 63.3 Å². The molecule has 1 aliphatic carbocycles. The first kappa shape index (κ1) is 24.8. The normalized spacial score (nSPS) is 26.0. The van der Waals surface area contributed by atoms with Gasteiger partial charge in [0.05, 0.1) is 18.3 Å². The van der Waals surface area contributed by atoms with Gasteiger partial charge in [-0.15, -0.1) is 11.3 Å². The summed E-state index contributed by atoms with van der Waals surface area (Å²) in [6.45, 7) is 0. The Bertz CT molecular complexity index is 722. The number of unbranched alkanes of at least 4 members (excludes halogenated alkanes) is 1. The fraction of sp³-hybridized carbons (Fsp3) is 0.571. The van der Waals surface area contributed by atoms with E-state index >= 15 is 0 Å². The van der Waals surface area contributed by atoms with Crippen LogP contribution >= 0.6 is 43.2 Å². The lowest BCUT2D eigenvalue weighted by molar-refractivity contribution is -0.118. The van der Waals surface area contributed by atoms with Crippen molar-refractivity contribution in [3.05, 3.63) is 43.5 Å². The predicted molar refractivity (Wildman–Crippen MR) is 124 cm³/mol. The third-order valence-corrected chi connectivity index (χ3v) is 8.94. The molecule has 1 aromatic heterocycles.